The van der Waals surface area contributed by atoms with Crippen LogP contribution in [0.4, 0.5) is 10.1 Å². The number of phenols is 1. The lowest BCUT2D eigenvalue weighted by Gasteiger charge is -2.01. The summed E-state index contributed by atoms with van der Waals surface area (Å²) in [5.41, 5.74) is 1.69. The quantitative estimate of drug-likeness (QED) is 0.513. The van der Waals surface area contributed by atoms with Crippen LogP contribution in [0.5, 0.6) is 5.75 Å². The zero-order valence-corrected chi connectivity index (χ0v) is 11.1. The van der Waals surface area contributed by atoms with E-state index in [9.17, 15) is 24.4 Å². The lowest BCUT2D eigenvalue weighted by molar-refractivity contribution is -0.384. The lowest BCUT2D eigenvalue weighted by Crippen LogP contribution is -2.18. The number of phenolic OH excluding ortho intramolecular Hbond substituents is 1. The third-order valence-electron chi connectivity index (χ3n) is 2.71. The van der Waals surface area contributed by atoms with Crippen LogP contribution < -0.4 is 5.43 Å². The van der Waals surface area contributed by atoms with E-state index in [1.807, 2.05) is 0 Å². The number of nitrogens with zero attached hydrogens (tertiary/aromatic N) is 2. The highest BCUT2D eigenvalue weighted by Gasteiger charge is 2.11. The Morgan fingerprint density at radius 2 is 2.05 bits per heavy atom. The Kier molecular flexibility index (Phi) is 4.42. The van der Waals surface area contributed by atoms with E-state index < -0.39 is 16.6 Å². The van der Waals surface area contributed by atoms with E-state index in [1.165, 1.54) is 18.2 Å². The van der Waals surface area contributed by atoms with Crippen LogP contribution in [0.1, 0.15) is 15.9 Å². The van der Waals surface area contributed by atoms with Crippen LogP contribution in [0.15, 0.2) is 47.6 Å². The summed E-state index contributed by atoms with van der Waals surface area (Å²) in [6, 6.07) is 8.71. The second-order valence-electron chi connectivity index (χ2n) is 4.18. The average molecular weight is 303 g/mol. The number of halogens is 1. The first-order chi connectivity index (χ1) is 10.5. The van der Waals surface area contributed by atoms with Crippen molar-refractivity contribution in [1.82, 2.24) is 5.43 Å². The number of hydrogen-bond donors (Lipinski definition) is 2. The Balaban J connectivity index is 2.13. The van der Waals surface area contributed by atoms with Crippen molar-refractivity contribution >= 4 is 17.8 Å². The maximum atomic E-state index is 13.4. The number of non-ortho nitro benzene ring substituents is 1. The molecule has 2 aromatic carbocycles. The van der Waals surface area contributed by atoms with E-state index >= 15 is 0 Å². The summed E-state index contributed by atoms with van der Waals surface area (Å²) < 4.78 is 13.4. The molecular weight excluding hydrogens is 293 g/mol. The van der Waals surface area contributed by atoms with Crippen LogP contribution in [0.25, 0.3) is 0 Å². The molecule has 1 amide bonds. The van der Waals surface area contributed by atoms with Crippen LogP contribution in [-0.2, 0) is 0 Å². The van der Waals surface area contributed by atoms with Gasteiger partial charge in [-0.2, -0.15) is 5.10 Å². The fourth-order valence-electron chi connectivity index (χ4n) is 1.62. The molecule has 8 heteroatoms. The molecule has 2 N–H and O–H groups in total. The van der Waals surface area contributed by atoms with Gasteiger partial charge >= 0.3 is 0 Å². The number of carbonyl (C=O) groups excluding carboxylic acids is 1. The summed E-state index contributed by atoms with van der Waals surface area (Å²) in [5.74, 6) is -1.72. The van der Waals surface area contributed by atoms with Crippen molar-refractivity contribution in [3.8, 4) is 5.75 Å². The van der Waals surface area contributed by atoms with Gasteiger partial charge in [0.05, 0.1) is 16.7 Å². The molecular formula is C14H10FN3O4. The molecule has 7 nitrogen and oxygen atoms in total. The number of rotatable bonds is 4. The van der Waals surface area contributed by atoms with Gasteiger partial charge in [-0.3, -0.25) is 14.9 Å². The number of nitro benzene ring substituents is 1. The molecule has 0 fully saturated rings. The summed E-state index contributed by atoms with van der Waals surface area (Å²) in [7, 11) is 0. The molecule has 0 aliphatic heterocycles. The molecule has 0 bridgehead atoms. The third-order valence-corrected chi connectivity index (χ3v) is 2.71. The number of carbonyl (C=O) groups is 1. The Morgan fingerprint density at radius 3 is 2.73 bits per heavy atom. The molecule has 2 rings (SSSR count). The Hall–Kier alpha value is -3.29. The van der Waals surface area contributed by atoms with Crippen LogP contribution in [0.3, 0.4) is 0 Å². The van der Waals surface area contributed by atoms with Gasteiger partial charge in [-0.05, 0) is 18.2 Å². The summed E-state index contributed by atoms with van der Waals surface area (Å²) in [6.07, 6.45) is 1.03. The first kappa shape index (κ1) is 15.1. The Morgan fingerprint density at radius 1 is 1.32 bits per heavy atom. The van der Waals surface area contributed by atoms with Gasteiger partial charge in [-0.1, -0.05) is 12.1 Å². The Labute approximate surface area is 123 Å². The van der Waals surface area contributed by atoms with E-state index in [0.717, 1.165) is 30.5 Å². The fraction of sp³-hybridized carbons (Fsp3) is 0. The van der Waals surface area contributed by atoms with Gasteiger partial charge < -0.3 is 5.11 Å². The standard InChI is InChI=1S/C14H10FN3O4/c15-12-4-2-1-3-11(12)14(20)17-16-8-9-7-10(18(21)22)5-6-13(9)19/h1-8,19H,(H,17,20)/b16-8-. The number of hydrogen-bond acceptors (Lipinski definition) is 5. The van der Waals surface area contributed by atoms with Gasteiger partial charge in [0, 0.05) is 17.7 Å². The molecule has 0 spiro atoms. The third kappa shape index (κ3) is 3.42. The zero-order valence-electron chi connectivity index (χ0n) is 11.1. The average Bonchev–Trinajstić information content (AvgIpc) is 2.49. The van der Waals surface area contributed by atoms with Crippen molar-refractivity contribution in [2.45, 2.75) is 0 Å². The highest BCUT2D eigenvalue weighted by atomic mass is 19.1. The monoisotopic (exact) mass is 303 g/mol. The van der Waals surface area contributed by atoms with Gasteiger partial charge in [0.25, 0.3) is 11.6 Å². The molecule has 0 saturated carbocycles. The molecule has 0 aliphatic rings. The minimum Gasteiger partial charge on any atom is -0.507 e. The van der Waals surface area contributed by atoms with Crippen molar-refractivity contribution in [2.75, 3.05) is 0 Å². The summed E-state index contributed by atoms with van der Waals surface area (Å²) in [6.45, 7) is 0. The second-order valence-corrected chi connectivity index (χ2v) is 4.18. The minimum absolute atomic E-state index is 0.0445. The number of nitrogens with one attached hydrogen (secondary N) is 1. The number of nitro groups is 1. The molecule has 0 saturated heterocycles. The topological polar surface area (TPSA) is 105 Å². The first-order valence-corrected chi connectivity index (χ1v) is 6.04. The first-order valence-electron chi connectivity index (χ1n) is 6.04. The van der Waals surface area contributed by atoms with Crippen molar-refractivity contribution in [3.63, 3.8) is 0 Å². The molecule has 0 heterocycles. The van der Waals surface area contributed by atoms with Gasteiger partial charge in [0.15, 0.2) is 0 Å². The molecule has 2 aromatic rings. The number of amides is 1. The number of hydrazone groups is 1. The molecule has 0 aliphatic carbocycles. The summed E-state index contributed by atoms with van der Waals surface area (Å²) >= 11 is 0. The van der Waals surface area contributed by atoms with Gasteiger partial charge in [0.1, 0.15) is 11.6 Å². The SMILES string of the molecule is O=C(N/N=C\c1cc([N+](=O)[O-])ccc1O)c1ccccc1F. The zero-order chi connectivity index (χ0) is 16.1. The molecule has 0 unspecified atom stereocenters. The maximum Gasteiger partial charge on any atom is 0.274 e. The van der Waals surface area contributed by atoms with Gasteiger partial charge in [-0.25, -0.2) is 9.82 Å². The summed E-state index contributed by atoms with van der Waals surface area (Å²) in [5, 5.41) is 23.7. The van der Waals surface area contributed by atoms with E-state index in [4.69, 9.17) is 0 Å². The van der Waals surface area contributed by atoms with E-state index in [1.54, 1.807) is 0 Å². The van der Waals surface area contributed by atoms with Crippen molar-refractivity contribution in [2.24, 2.45) is 5.10 Å². The molecule has 0 radical (unpaired) electrons. The molecule has 22 heavy (non-hydrogen) atoms. The highest BCUT2D eigenvalue weighted by Crippen LogP contribution is 2.21. The van der Waals surface area contributed by atoms with E-state index in [-0.39, 0.29) is 22.6 Å². The largest absolute Gasteiger partial charge is 0.507 e. The van der Waals surface area contributed by atoms with Crippen molar-refractivity contribution in [1.29, 1.82) is 0 Å². The molecule has 0 aromatic heterocycles. The number of aromatic hydroxyl groups is 1. The van der Waals surface area contributed by atoms with Crippen LogP contribution >= 0.6 is 0 Å². The molecule has 0 atom stereocenters. The van der Waals surface area contributed by atoms with E-state index in [2.05, 4.69) is 10.5 Å². The predicted molar refractivity (Wildman–Crippen MR) is 76.2 cm³/mol. The maximum absolute atomic E-state index is 13.4. The van der Waals surface area contributed by atoms with Crippen LogP contribution in [-0.4, -0.2) is 22.2 Å². The van der Waals surface area contributed by atoms with Crippen molar-refractivity contribution in [3.05, 3.63) is 69.5 Å². The van der Waals surface area contributed by atoms with Crippen molar-refractivity contribution < 1.29 is 19.2 Å². The smallest absolute Gasteiger partial charge is 0.274 e. The number of benzene rings is 2. The van der Waals surface area contributed by atoms with Gasteiger partial charge in [-0.15, -0.1) is 0 Å². The second kappa shape index (κ2) is 6.44. The fourth-order valence-corrected chi connectivity index (χ4v) is 1.62. The predicted octanol–water partition coefficient (Wildman–Crippen LogP) is 2.20. The lowest BCUT2D eigenvalue weighted by atomic mass is 10.2. The highest BCUT2D eigenvalue weighted by molar-refractivity contribution is 5.95. The molecule has 112 valence electrons. The Bertz CT molecular complexity index is 762. The van der Waals surface area contributed by atoms with E-state index in [0.29, 0.717) is 0 Å². The van der Waals surface area contributed by atoms with Gasteiger partial charge in [0.2, 0.25) is 0 Å². The normalized spacial score (nSPS) is 10.6. The summed E-state index contributed by atoms with van der Waals surface area (Å²) in [4.78, 5) is 21.7. The minimum atomic E-state index is -0.778. The van der Waals surface area contributed by atoms with Crippen LogP contribution in [0, 0.1) is 15.9 Å². The van der Waals surface area contributed by atoms with Crippen LogP contribution in [0.2, 0.25) is 0 Å².